The van der Waals surface area contributed by atoms with Crippen molar-refractivity contribution >= 4 is 56.5 Å². The Morgan fingerprint density at radius 1 is 1.19 bits per heavy atom. The van der Waals surface area contributed by atoms with Crippen LogP contribution < -0.4 is 10.1 Å². The minimum atomic E-state index is -0.337. The number of thioether (sulfide) groups is 1. The summed E-state index contributed by atoms with van der Waals surface area (Å²) in [6, 6.07) is 12.7. The summed E-state index contributed by atoms with van der Waals surface area (Å²) in [5.74, 6) is -0.120. The number of methoxy groups -OCH3 is 1. The molecule has 7 nitrogen and oxygen atoms in total. The Hall–Kier alpha value is -2.62. The van der Waals surface area contributed by atoms with Gasteiger partial charge in [0.2, 0.25) is 0 Å². The maximum Gasteiger partial charge on any atom is 0.293 e. The Bertz CT molecular complexity index is 1020. The molecular weight excluding hydrogens is 484 g/mol. The Kier molecular flexibility index (Phi) is 7.89. The van der Waals surface area contributed by atoms with Crippen LogP contribution in [0.3, 0.4) is 0 Å². The fourth-order valence-corrected chi connectivity index (χ4v) is 4.10. The Balaban J connectivity index is 1.60. The molecule has 1 heterocycles. The molecule has 31 heavy (non-hydrogen) atoms. The molecule has 1 aliphatic heterocycles. The number of halogens is 1. The van der Waals surface area contributed by atoms with Gasteiger partial charge in [-0.15, -0.1) is 0 Å². The van der Waals surface area contributed by atoms with Crippen LogP contribution in [0, 0.1) is 6.92 Å². The van der Waals surface area contributed by atoms with Gasteiger partial charge in [-0.2, -0.15) is 0 Å². The molecule has 1 saturated heterocycles. The number of rotatable bonds is 8. The molecule has 1 N–H and O–H groups in total. The van der Waals surface area contributed by atoms with E-state index >= 15 is 0 Å². The van der Waals surface area contributed by atoms with E-state index < -0.39 is 0 Å². The lowest BCUT2D eigenvalue weighted by Gasteiger charge is -2.11. The molecule has 2 aromatic rings. The first kappa shape index (κ1) is 23.1. The van der Waals surface area contributed by atoms with Gasteiger partial charge in [-0.1, -0.05) is 23.8 Å². The molecule has 0 bridgehead atoms. The van der Waals surface area contributed by atoms with E-state index in [9.17, 15) is 14.4 Å². The molecule has 0 aliphatic carbocycles. The smallest absolute Gasteiger partial charge is 0.293 e. The van der Waals surface area contributed by atoms with Gasteiger partial charge in [-0.3, -0.25) is 19.3 Å². The van der Waals surface area contributed by atoms with Gasteiger partial charge in [0.15, 0.2) is 6.61 Å². The lowest BCUT2D eigenvalue weighted by molar-refractivity contribution is -0.123. The van der Waals surface area contributed by atoms with Crippen molar-refractivity contribution in [3.8, 4) is 5.75 Å². The van der Waals surface area contributed by atoms with E-state index in [1.807, 2.05) is 31.2 Å². The number of anilines is 1. The highest BCUT2D eigenvalue weighted by Gasteiger charge is 2.34. The summed E-state index contributed by atoms with van der Waals surface area (Å²) < 4.78 is 11.2. The summed E-state index contributed by atoms with van der Waals surface area (Å²) in [5.41, 5.74) is 2.53. The number of nitrogens with zero attached hydrogens (tertiary/aromatic N) is 1. The number of imide groups is 1. The van der Waals surface area contributed by atoms with Crippen LogP contribution in [-0.4, -0.2) is 48.8 Å². The average molecular weight is 505 g/mol. The molecule has 0 unspecified atom stereocenters. The number of amides is 3. The SMILES string of the molecule is COCCN1C(=O)S/C(=C/c2ccc(OCC(=O)Nc3ccc(C)cc3)c(Br)c2)C1=O. The topological polar surface area (TPSA) is 84.9 Å². The molecule has 0 spiro atoms. The van der Waals surface area contributed by atoms with Crippen LogP contribution in [0.4, 0.5) is 10.5 Å². The van der Waals surface area contributed by atoms with Crippen LogP contribution in [0.2, 0.25) is 0 Å². The molecule has 0 atom stereocenters. The third-order valence-corrected chi connectivity index (χ3v) is 5.87. The van der Waals surface area contributed by atoms with Crippen LogP contribution in [0.5, 0.6) is 5.75 Å². The number of carbonyl (C=O) groups excluding carboxylic acids is 3. The van der Waals surface area contributed by atoms with E-state index in [1.165, 1.54) is 12.0 Å². The molecular formula is C22H21BrN2O5S. The van der Waals surface area contributed by atoms with Crippen molar-refractivity contribution < 1.29 is 23.9 Å². The van der Waals surface area contributed by atoms with Gasteiger partial charge in [0.05, 0.1) is 22.5 Å². The Morgan fingerprint density at radius 3 is 2.61 bits per heavy atom. The van der Waals surface area contributed by atoms with E-state index in [1.54, 1.807) is 24.3 Å². The number of benzene rings is 2. The maximum absolute atomic E-state index is 12.4. The molecule has 2 aromatic carbocycles. The van der Waals surface area contributed by atoms with Crippen molar-refractivity contribution in [1.82, 2.24) is 4.90 Å². The highest BCUT2D eigenvalue weighted by atomic mass is 79.9. The first-order chi connectivity index (χ1) is 14.9. The van der Waals surface area contributed by atoms with Crippen LogP contribution >= 0.6 is 27.7 Å². The molecule has 3 rings (SSSR count). The number of aryl methyl sites for hydroxylation is 1. The zero-order chi connectivity index (χ0) is 22.4. The number of hydrogen-bond acceptors (Lipinski definition) is 6. The lowest BCUT2D eigenvalue weighted by atomic mass is 10.2. The zero-order valence-corrected chi connectivity index (χ0v) is 19.4. The van der Waals surface area contributed by atoms with E-state index in [4.69, 9.17) is 9.47 Å². The minimum Gasteiger partial charge on any atom is -0.483 e. The molecule has 0 radical (unpaired) electrons. The fraction of sp³-hybridized carbons (Fsp3) is 0.227. The predicted octanol–water partition coefficient (Wildman–Crippen LogP) is 4.46. The van der Waals surface area contributed by atoms with Crippen LogP contribution in [0.1, 0.15) is 11.1 Å². The first-order valence-electron chi connectivity index (χ1n) is 9.40. The van der Waals surface area contributed by atoms with Gasteiger partial charge in [-0.05, 0) is 70.5 Å². The minimum absolute atomic E-state index is 0.149. The first-order valence-corrected chi connectivity index (χ1v) is 11.0. The summed E-state index contributed by atoms with van der Waals surface area (Å²) in [6.07, 6.45) is 1.65. The van der Waals surface area contributed by atoms with Crippen molar-refractivity contribution in [1.29, 1.82) is 0 Å². The largest absolute Gasteiger partial charge is 0.483 e. The molecule has 0 aromatic heterocycles. The summed E-state index contributed by atoms with van der Waals surface area (Å²) in [7, 11) is 1.52. The van der Waals surface area contributed by atoms with Gasteiger partial charge in [-0.25, -0.2) is 0 Å². The molecule has 1 fully saturated rings. The van der Waals surface area contributed by atoms with Crippen LogP contribution in [0.25, 0.3) is 6.08 Å². The number of ether oxygens (including phenoxy) is 2. The van der Waals surface area contributed by atoms with Crippen molar-refractivity contribution in [3.63, 3.8) is 0 Å². The Labute approximate surface area is 192 Å². The summed E-state index contributed by atoms with van der Waals surface area (Å²) >= 11 is 4.32. The van der Waals surface area contributed by atoms with E-state index in [0.717, 1.165) is 22.9 Å². The zero-order valence-electron chi connectivity index (χ0n) is 17.0. The number of carbonyl (C=O) groups is 3. The Morgan fingerprint density at radius 2 is 1.94 bits per heavy atom. The third-order valence-electron chi connectivity index (χ3n) is 4.34. The van der Waals surface area contributed by atoms with Crippen LogP contribution in [-0.2, 0) is 14.3 Å². The van der Waals surface area contributed by atoms with Gasteiger partial charge in [0.1, 0.15) is 5.75 Å². The molecule has 9 heteroatoms. The fourth-order valence-electron chi connectivity index (χ4n) is 2.73. The molecule has 1 aliphatic rings. The second-order valence-corrected chi connectivity index (χ2v) is 8.57. The second-order valence-electron chi connectivity index (χ2n) is 6.72. The monoisotopic (exact) mass is 504 g/mol. The number of nitrogens with one attached hydrogen (secondary N) is 1. The maximum atomic E-state index is 12.4. The molecule has 0 saturated carbocycles. The standard InChI is InChI=1S/C22H21BrN2O5S/c1-14-3-6-16(7-4-14)24-20(26)13-30-18-8-5-15(11-17(18)23)12-19-21(27)25(9-10-29-2)22(28)31-19/h3-8,11-12H,9-10,13H2,1-2H3,(H,24,26)/b19-12+. The molecule has 162 valence electrons. The van der Waals surface area contributed by atoms with E-state index in [2.05, 4.69) is 21.2 Å². The van der Waals surface area contributed by atoms with Gasteiger partial charge >= 0.3 is 0 Å². The lowest BCUT2D eigenvalue weighted by Crippen LogP contribution is -2.31. The third kappa shape index (κ3) is 6.19. The summed E-state index contributed by atoms with van der Waals surface area (Å²) in [6.45, 7) is 2.34. The quantitative estimate of drug-likeness (QED) is 0.534. The van der Waals surface area contributed by atoms with Gasteiger partial charge in [0.25, 0.3) is 17.1 Å². The van der Waals surface area contributed by atoms with Crippen LogP contribution in [0.15, 0.2) is 51.8 Å². The van der Waals surface area contributed by atoms with Gasteiger partial charge < -0.3 is 14.8 Å². The normalized spacial score (nSPS) is 14.9. The highest BCUT2D eigenvalue weighted by molar-refractivity contribution is 9.10. The van der Waals surface area contributed by atoms with E-state index in [-0.39, 0.29) is 30.2 Å². The summed E-state index contributed by atoms with van der Waals surface area (Å²) in [4.78, 5) is 38.0. The summed E-state index contributed by atoms with van der Waals surface area (Å²) in [5, 5.41) is 2.46. The molecule has 3 amide bonds. The van der Waals surface area contributed by atoms with Crippen molar-refractivity contribution in [2.75, 3.05) is 32.2 Å². The van der Waals surface area contributed by atoms with Crippen molar-refractivity contribution in [2.45, 2.75) is 6.92 Å². The predicted molar refractivity (Wildman–Crippen MR) is 124 cm³/mol. The number of hydrogen-bond donors (Lipinski definition) is 1. The van der Waals surface area contributed by atoms with Gasteiger partial charge in [0, 0.05) is 12.8 Å². The average Bonchev–Trinajstić information content (AvgIpc) is 3.00. The van der Waals surface area contributed by atoms with E-state index in [0.29, 0.717) is 27.4 Å². The van der Waals surface area contributed by atoms with Crippen molar-refractivity contribution in [2.24, 2.45) is 0 Å². The second kappa shape index (κ2) is 10.6. The van der Waals surface area contributed by atoms with Crippen molar-refractivity contribution in [3.05, 3.63) is 63.0 Å². The highest BCUT2D eigenvalue weighted by Crippen LogP contribution is 2.33.